The molecule has 1 aromatic heterocycles. The largest absolute Gasteiger partial charge is 0.464 e. The van der Waals surface area contributed by atoms with Gasteiger partial charge < -0.3 is 24.9 Å². The second-order valence-corrected chi connectivity index (χ2v) is 8.56. The molecule has 0 radical (unpaired) electrons. The average Bonchev–Trinajstić information content (AvgIpc) is 3.54. The lowest BCUT2D eigenvalue weighted by Gasteiger charge is -2.33. The number of rotatable bonds is 6. The summed E-state index contributed by atoms with van der Waals surface area (Å²) in [4.78, 5) is 19.5. The van der Waals surface area contributed by atoms with Gasteiger partial charge in [0.15, 0.2) is 11.6 Å². The average molecular weight is 426 g/mol. The van der Waals surface area contributed by atoms with Gasteiger partial charge in [-0.05, 0) is 37.5 Å². The van der Waals surface area contributed by atoms with E-state index in [1.165, 1.54) is 0 Å². The lowest BCUT2D eigenvalue weighted by atomic mass is 9.80. The van der Waals surface area contributed by atoms with Gasteiger partial charge in [0.1, 0.15) is 24.2 Å². The molecule has 1 saturated carbocycles. The molecule has 2 aliphatic rings. The Bertz CT molecular complexity index is 920. The minimum absolute atomic E-state index is 0.122. The van der Waals surface area contributed by atoms with E-state index in [4.69, 9.17) is 14.9 Å². The highest BCUT2D eigenvalue weighted by molar-refractivity contribution is 5.82. The van der Waals surface area contributed by atoms with Crippen molar-refractivity contribution in [2.45, 2.75) is 57.3 Å². The van der Waals surface area contributed by atoms with E-state index in [9.17, 15) is 9.90 Å². The Labute approximate surface area is 182 Å². The molecule has 3 N–H and O–H groups in total. The number of aliphatic hydroxyl groups is 1. The van der Waals surface area contributed by atoms with Crippen LogP contribution >= 0.6 is 0 Å². The van der Waals surface area contributed by atoms with Crippen LogP contribution in [0.4, 0.5) is 0 Å². The number of nitrogens with two attached hydrogens (primary N) is 1. The fraction of sp³-hybridized carbons (Fsp3) is 0.500. The first-order valence-electron chi connectivity index (χ1n) is 11.1. The van der Waals surface area contributed by atoms with Crippen LogP contribution in [-0.2, 0) is 21.7 Å². The summed E-state index contributed by atoms with van der Waals surface area (Å²) in [5, 5.41) is 11.6. The summed E-state index contributed by atoms with van der Waals surface area (Å²) < 4.78 is 11.4. The molecule has 7 heteroatoms. The Morgan fingerprint density at radius 3 is 2.65 bits per heavy atom. The molecule has 1 aliphatic heterocycles. The number of likely N-dealkylation sites (tertiary alicyclic amines) is 1. The van der Waals surface area contributed by atoms with E-state index in [1.807, 2.05) is 54.3 Å². The molecule has 1 aromatic carbocycles. The Hall–Kier alpha value is -2.80. The maximum atomic E-state index is 13.2. The first kappa shape index (κ1) is 21.4. The lowest BCUT2D eigenvalue weighted by Crippen LogP contribution is -2.45. The maximum Gasteiger partial charge on any atom is 0.343 e. The maximum absolute atomic E-state index is 13.2. The smallest absolute Gasteiger partial charge is 0.343 e. The zero-order chi connectivity index (χ0) is 21.8. The highest BCUT2D eigenvalue weighted by Gasteiger charge is 2.48. The number of nitrogens with zero attached hydrogens (tertiary/aromatic N) is 2. The molecular weight excluding hydrogens is 394 g/mol. The fourth-order valence-electron chi connectivity index (χ4n) is 4.66. The Balaban J connectivity index is 1.40. The Kier molecular flexibility index (Phi) is 6.32. The van der Waals surface area contributed by atoms with Crippen molar-refractivity contribution in [2.75, 3.05) is 13.1 Å². The van der Waals surface area contributed by atoms with Crippen LogP contribution in [0.2, 0.25) is 0 Å². The van der Waals surface area contributed by atoms with Gasteiger partial charge in [0.05, 0.1) is 6.54 Å². The molecule has 1 saturated heterocycles. The van der Waals surface area contributed by atoms with Crippen molar-refractivity contribution in [3.8, 4) is 0 Å². The van der Waals surface area contributed by atoms with Crippen LogP contribution < -0.4 is 5.73 Å². The van der Waals surface area contributed by atoms with Crippen LogP contribution in [0, 0.1) is 12.8 Å². The number of benzene rings is 1. The van der Waals surface area contributed by atoms with Gasteiger partial charge >= 0.3 is 5.97 Å². The van der Waals surface area contributed by atoms with Crippen molar-refractivity contribution >= 4 is 11.9 Å². The molecular formula is C24H31N3O4. The van der Waals surface area contributed by atoms with Crippen LogP contribution in [0.5, 0.6) is 0 Å². The van der Waals surface area contributed by atoms with E-state index in [0.29, 0.717) is 37.6 Å². The number of carbonyl (C=O) groups excluding carboxylic acids is 1. The number of hydrogen-bond donors (Lipinski definition) is 2. The highest BCUT2D eigenvalue weighted by atomic mass is 16.6. The molecule has 7 nitrogen and oxygen atoms in total. The van der Waals surface area contributed by atoms with E-state index >= 15 is 0 Å². The van der Waals surface area contributed by atoms with Crippen LogP contribution in [0.25, 0.3) is 0 Å². The van der Waals surface area contributed by atoms with Gasteiger partial charge in [0.2, 0.25) is 0 Å². The minimum atomic E-state index is -1.61. The molecule has 31 heavy (non-hydrogen) atoms. The molecule has 2 aromatic rings. The van der Waals surface area contributed by atoms with E-state index in [2.05, 4.69) is 4.99 Å². The monoisotopic (exact) mass is 425 g/mol. The van der Waals surface area contributed by atoms with Gasteiger partial charge in [0.25, 0.3) is 0 Å². The van der Waals surface area contributed by atoms with Gasteiger partial charge in [-0.15, -0.1) is 0 Å². The third-order valence-electron chi connectivity index (χ3n) is 6.41. The van der Waals surface area contributed by atoms with Crippen molar-refractivity contribution in [2.24, 2.45) is 16.6 Å². The molecule has 4 rings (SSSR count). The molecule has 2 fully saturated rings. The summed E-state index contributed by atoms with van der Waals surface area (Å²) >= 11 is 0. The van der Waals surface area contributed by atoms with E-state index in [1.54, 1.807) is 0 Å². The number of hydrogen-bond acceptors (Lipinski definition) is 5. The summed E-state index contributed by atoms with van der Waals surface area (Å²) in [6, 6.07) is 13.0. The standard InChI is InChI=1S/C24H31N3O4/c1-17-11-12-20(30-17)15-26-23(25)27-14-13-21(16-27)31-22(28)24(29,19-9-5-6-10-19)18-7-3-2-4-8-18/h2-4,7-8,11-12,19,21,29H,5-6,9-10,13-16H2,1H3,(H2,25,26)/t21-,24+/m1/s1. The number of aliphatic imine (C=N–C) groups is 1. The van der Waals surface area contributed by atoms with Crippen LogP contribution in [0.1, 0.15) is 49.2 Å². The van der Waals surface area contributed by atoms with Crippen LogP contribution in [0.15, 0.2) is 51.9 Å². The number of esters is 1. The molecule has 0 unspecified atom stereocenters. The van der Waals surface area contributed by atoms with Gasteiger partial charge in [-0.25, -0.2) is 9.79 Å². The van der Waals surface area contributed by atoms with Crippen molar-refractivity contribution in [3.05, 3.63) is 59.5 Å². The Morgan fingerprint density at radius 2 is 1.97 bits per heavy atom. The van der Waals surface area contributed by atoms with Crippen molar-refractivity contribution in [3.63, 3.8) is 0 Å². The fourth-order valence-corrected chi connectivity index (χ4v) is 4.66. The van der Waals surface area contributed by atoms with Crippen molar-refractivity contribution in [1.82, 2.24) is 4.90 Å². The zero-order valence-electron chi connectivity index (χ0n) is 18.0. The normalized spacial score (nSPS) is 21.9. The summed E-state index contributed by atoms with van der Waals surface area (Å²) in [7, 11) is 0. The molecule has 0 spiro atoms. The summed E-state index contributed by atoms with van der Waals surface area (Å²) in [5.74, 6) is 1.32. The second kappa shape index (κ2) is 9.14. The van der Waals surface area contributed by atoms with E-state index in [0.717, 1.165) is 37.2 Å². The van der Waals surface area contributed by atoms with E-state index < -0.39 is 11.6 Å². The number of aryl methyl sites for hydroxylation is 1. The van der Waals surface area contributed by atoms with Gasteiger partial charge in [-0.3, -0.25) is 0 Å². The highest BCUT2D eigenvalue weighted by Crippen LogP contribution is 2.41. The predicted octanol–water partition coefficient (Wildman–Crippen LogP) is 3.10. The SMILES string of the molecule is Cc1ccc(CN=C(N)N2CC[C@@H](OC(=O)[C@](O)(c3ccccc3)C3CCCC3)C2)o1. The molecule has 166 valence electrons. The molecule has 0 amide bonds. The molecule has 2 heterocycles. The van der Waals surface area contributed by atoms with Gasteiger partial charge in [-0.2, -0.15) is 0 Å². The zero-order valence-corrected chi connectivity index (χ0v) is 18.0. The van der Waals surface area contributed by atoms with E-state index in [-0.39, 0.29) is 12.0 Å². The van der Waals surface area contributed by atoms with Crippen LogP contribution in [-0.4, -0.2) is 41.1 Å². The molecule has 0 bridgehead atoms. The third-order valence-corrected chi connectivity index (χ3v) is 6.41. The summed E-state index contributed by atoms with van der Waals surface area (Å²) in [6.07, 6.45) is 4.01. The number of carbonyl (C=O) groups is 1. The third kappa shape index (κ3) is 4.61. The molecule has 2 atom stereocenters. The van der Waals surface area contributed by atoms with Gasteiger partial charge in [0, 0.05) is 18.9 Å². The summed E-state index contributed by atoms with van der Waals surface area (Å²) in [5.41, 5.74) is 5.15. The number of guanidine groups is 1. The van der Waals surface area contributed by atoms with Crippen LogP contribution in [0.3, 0.4) is 0 Å². The summed E-state index contributed by atoms with van der Waals surface area (Å²) in [6.45, 7) is 3.37. The topological polar surface area (TPSA) is 101 Å². The quantitative estimate of drug-likeness (QED) is 0.419. The lowest BCUT2D eigenvalue weighted by molar-refractivity contribution is -0.178. The predicted molar refractivity (Wildman–Crippen MR) is 117 cm³/mol. The second-order valence-electron chi connectivity index (χ2n) is 8.56. The Morgan fingerprint density at radius 1 is 1.23 bits per heavy atom. The molecule has 1 aliphatic carbocycles. The minimum Gasteiger partial charge on any atom is -0.464 e. The van der Waals surface area contributed by atoms with Gasteiger partial charge in [-0.1, -0.05) is 43.2 Å². The number of ether oxygens (including phenoxy) is 1. The first-order chi connectivity index (χ1) is 15.0. The van der Waals surface area contributed by atoms with Crippen molar-refractivity contribution in [1.29, 1.82) is 0 Å². The van der Waals surface area contributed by atoms with Crippen molar-refractivity contribution < 1.29 is 19.1 Å². The number of furan rings is 1. The first-order valence-corrected chi connectivity index (χ1v) is 11.1.